The maximum Gasteiger partial charge on any atom is 0.417 e. The summed E-state index contributed by atoms with van der Waals surface area (Å²) < 4.78 is 45.7. The Bertz CT molecular complexity index is 1090. The largest absolute Gasteiger partial charge is 0.507 e. The molecule has 156 valence electrons. The van der Waals surface area contributed by atoms with Crippen molar-refractivity contribution in [2.24, 2.45) is 0 Å². The predicted octanol–water partition coefficient (Wildman–Crippen LogP) is 6.80. The molecule has 0 saturated heterocycles. The number of rotatable bonds is 5. The molecule has 0 heterocycles. The van der Waals surface area contributed by atoms with Gasteiger partial charge < -0.3 is 14.9 Å². The molecule has 3 aromatic carbocycles. The van der Waals surface area contributed by atoms with Crippen LogP contribution in [0.15, 0.2) is 54.6 Å². The highest BCUT2D eigenvalue weighted by Gasteiger charge is 2.34. The number of aliphatic carboxylic acids is 1. The Balaban J connectivity index is 2.01. The molecule has 0 bridgehead atoms. The van der Waals surface area contributed by atoms with Gasteiger partial charge in [-0.05, 0) is 47.5 Å². The summed E-state index contributed by atoms with van der Waals surface area (Å²) in [6.45, 7) is 0. The van der Waals surface area contributed by atoms with E-state index in [1.807, 2.05) is 0 Å². The summed E-state index contributed by atoms with van der Waals surface area (Å²) in [6, 6.07) is 11.3. The number of benzene rings is 3. The predicted molar refractivity (Wildman–Crippen MR) is 106 cm³/mol. The van der Waals surface area contributed by atoms with Crippen molar-refractivity contribution in [2.75, 3.05) is 0 Å². The first kappa shape index (κ1) is 21.8. The number of carboxylic acids is 1. The Morgan fingerprint density at radius 1 is 0.967 bits per heavy atom. The van der Waals surface area contributed by atoms with Crippen molar-refractivity contribution in [3.63, 3.8) is 0 Å². The van der Waals surface area contributed by atoms with E-state index in [0.717, 1.165) is 6.07 Å². The number of hydrogen-bond acceptors (Lipinski definition) is 3. The van der Waals surface area contributed by atoms with Crippen LogP contribution in [0.25, 0.3) is 11.1 Å². The zero-order valence-corrected chi connectivity index (χ0v) is 16.5. The average molecular weight is 457 g/mol. The van der Waals surface area contributed by atoms with Crippen LogP contribution in [-0.2, 0) is 17.4 Å². The van der Waals surface area contributed by atoms with Gasteiger partial charge in [0.15, 0.2) is 5.75 Å². The maximum atomic E-state index is 13.4. The maximum absolute atomic E-state index is 13.4. The Hall–Kier alpha value is -2.90. The molecule has 2 N–H and O–H groups in total. The topological polar surface area (TPSA) is 66.8 Å². The Morgan fingerprint density at radius 2 is 1.60 bits per heavy atom. The number of alkyl halides is 3. The van der Waals surface area contributed by atoms with Crippen LogP contribution < -0.4 is 4.74 Å². The van der Waals surface area contributed by atoms with Gasteiger partial charge in [0.25, 0.3) is 0 Å². The summed E-state index contributed by atoms with van der Waals surface area (Å²) in [6.07, 6.45) is -4.91. The fraction of sp³-hybridized carbons (Fsp3) is 0.0952. The van der Waals surface area contributed by atoms with E-state index in [0.29, 0.717) is 5.56 Å². The monoisotopic (exact) mass is 456 g/mol. The van der Waals surface area contributed by atoms with Gasteiger partial charge in [0, 0.05) is 5.56 Å². The summed E-state index contributed by atoms with van der Waals surface area (Å²) in [5.74, 6) is -1.35. The average Bonchev–Trinajstić information content (AvgIpc) is 2.65. The quantitative estimate of drug-likeness (QED) is 0.442. The molecule has 0 atom stereocenters. The van der Waals surface area contributed by atoms with E-state index in [1.54, 1.807) is 0 Å². The molecule has 0 spiro atoms. The van der Waals surface area contributed by atoms with E-state index in [1.165, 1.54) is 48.5 Å². The van der Waals surface area contributed by atoms with Gasteiger partial charge in [-0.3, -0.25) is 4.79 Å². The van der Waals surface area contributed by atoms with Crippen LogP contribution in [0.3, 0.4) is 0 Å². The van der Waals surface area contributed by atoms with Gasteiger partial charge in [0.1, 0.15) is 11.5 Å². The Morgan fingerprint density at radius 3 is 2.20 bits per heavy atom. The minimum absolute atomic E-state index is 0.00761. The number of ether oxygens (including phenoxy) is 1. The molecule has 0 fully saturated rings. The first-order chi connectivity index (χ1) is 14.1. The van der Waals surface area contributed by atoms with Crippen LogP contribution in [-0.4, -0.2) is 16.2 Å². The van der Waals surface area contributed by atoms with Gasteiger partial charge in [-0.2, -0.15) is 13.2 Å². The number of hydrogen-bond donors (Lipinski definition) is 2. The SMILES string of the molecule is O=C(O)Cc1cc(Cl)c(Oc2ccc(O)c(-c3ccccc3C(F)(F)F)c2)c(Cl)c1. The second-order valence-corrected chi connectivity index (χ2v) is 7.10. The normalized spacial score (nSPS) is 11.4. The minimum Gasteiger partial charge on any atom is -0.507 e. The Labute approximate surface area is 179 Å². The molecule has 0 aliphatic carbocycles. The molecule has 30 heavy (non-hydrogen) atoms. The lowest BCUT2D eigenvalue weighted by Crippen LogP contribution is -2.06. The van der Waals surface area contributed by atoms with Crippen LogP contribution >= 0.6 is 23.2 Å². The number of carboxylic acid groups (broad SMARTS) is 1. The smallest absolute Gasteiger partial charge is 0.417 e. The summed E-state index contributed by atoms with van der Waals surface area (Å²) >= 11 is 12.3. The molecule has 4 nitrogen and oxygen atoms in total. The van der Waals surface area contributed by atoms with Crippen LogP contribution in [0.1, 0.15) is 11.1 Å². The van der Waals surface area contributed by atoms with Gasteiger partial charge in [0.2, 0.25) is 0 Å². The van der Waals surface area contributed by atoms with Crippen LogP contribution in [0.2, 0.25) is 10.0 Å². The number of aromatic hydroxyl groups is 1. The van der Waals surface area contributed by atoms with Gasteiger partial charge in [-0.15, -0.1) is 0 Å². The second kappa shape index (κ2) is 8.45. The second-order valence-electron chi connectivity index (χ2n) is 6.28. The lowest BCUT2D eigenvalue weighted by atomic mass is 9.98. The molecule has 0 aromatic heterocycles. The van der Waals surface area contributed by atoms with E-state index in [9.17, 15) is 23.1 Å². The van der Waals surface area contributed by atoms with Crippen LogP contribution in [0.5, 0.6) is 17.2 Å². The lowest BCUT2D eigenvalue weighted by Gasteiger charge is -2.16. The summed E-state index contributed by atoms with van der Waals surface area (Å²) in [7, 11) is 0. The first-order valence-electron chi connectivity index (χ1n) is 8.43. The third-order valence-electron chi connectivity index (χ3n) is 4.12. The highest BCUT2D eigenvalue weighted by molar-refractivity contribution is 6.37. The molecule has 9 heteroatoms. The molecule has 3 aromatic rings. The minimum atomic E-state index is -4.62. The van der Waals surface area contributed by atoms with Crippen molar-refractivity contribution in [1.82, 2.24) is 0 Å². The summed E-state index contributed by atoms with van der Waals surface area (Å²) in [5, 5.41) is 19.1. The van der Waals surface area contributed by atoms with E-state index in [4.69, 9.17) is 33.0 Å². The number of halogens is 5. The first-order valence-corrected chi connectivity index (χ1v) is 9.19. The molecular weight excluding hydrogens is 444 g/mol. The van der Waals surface area contributed by atoms with E-state index < -0.39 is 17.7 Å². The number of phenolic OH excluding ortho intramolecular Hbond substituents is 1. The molecule has 3 rings (SSSR count). The Kier molecular flexibility index (Phi) is 6.14. The fourth-order valence-electron chi connectivity index (χ4n) is 2.86. The molecule has 0 saturated carbocycles. The van der Waals surface area contributed by atoms with Crippen molar-refractivity contribution in [2.45, 2.75) is 12.6 Å². The molecule has 0 amide bonds. The van der Waals surface area contributed by atoms with Gasteiger partial charge in [-0.25, -0.2) is 0 Å². The third kappa shape index (κ3) is 4.80. The van der Waals surface area contributed by atoms with E-state index in [-0.39, 0.29) is 44.8 Å². The molecule has 0 radical (unpaired) electrons. The molecule has 0 aliphatic heterocycles. The lowest BCUT2D eigenvalue weighted by molar-refractivity contribution is -0.137. The van der Waals surface area contributed by atoms with Gasteiger partial charge >= 0.3 is 12.1 Å². The van der Waals surface area contributed by atoms with E-state index >= 15 is 0 Å². The van der Waals surface area contributed by atoms with Crippen molar-refractivity contribution in [3.8, 4) is 28.4 Å². The molecular formula is C21H13Cl2F3O4. The van der Waals surface area contributed by atoms with Crippen molar-refractivity contribution >= 4 is 29.2 Å². The van der Waals surface area contributed by atoms with Crippen LogP contribution in [0.4, 0.5) is 13.2 Å². The zero-order valence-electron chi connectivity index (χ0n) is 15.0. The summed E-state index contributed by atoms with van der Waals surface area (Å²) in [4.78, 5) is 10.8. The highest BCUT2D eigenvalue weighted by atomic mass is 35.5. The van der Waals surface area contributed by atoms with Gasteiger partial charge in [0.05, 0.1) is 22.0 Å². The number of phenols is 1. The van der Waals surface area contributed by atoms with Crippen LogP contribution in [0, 0.1) is 0 Å². The third-order valence-corrected chi connectivity index (χ3v) is 4.69. The highest BCUT2D eigenvalue weighted by Crippen LogP contribution is 2.43. The van der Waals surface area contributed by atoms with Crippen molar-refractivity contribution in [1.29, 1.82) is 0 Å². The summed E-state index contributed by atoms with van der Waals surface area (Å²) in [5.41, 5.74) is -0.862. The fourth-order valence-corrected chi connectivity index (χ4v) is 3.47. The molecule has 0 aliphatic rings. The molecule has 0 unspecified atom stereocenters. The van der Waals surface area contributed by atoms with Gasteiger partial charge in [-0.1, -0.05) is 41.4 Å². The van der Waals surface area contributed by atoms with E-state index in [2.05, 4.69) is 0 Å². The number of carbonyl (C=O) groups is 1. The zero-order chi connectivity index (χ0) is 22.1. The van der Waals surface area contributed by atoms with Crippen molar-refractivity contribution < 1.29 is 32.9 Å². The standard InChI is InChI=1S/C21H13Cl2F3O4/c22-16-7-11(9-19(28)29)8-17(23)20(16)30-12-5-6-18(27)14(10-12)13-3-1-2-4-15(13)21(24,25)26/h1-8,10,27H,9H2,(H,28,29). The van der Waals surface area contributed by atoms with Crippen molar-refractivity contribution in [3.05, 3.63) is 75.8 Å².